The van der Waals surface area contributed by atoms with E-state index in [1.807, 2.05) is 0 Å². The first-order chi connectivity index (χ1) is 11.4. The molecule has 0 aliphatic carbocycles. The molecule has 0 bridgehead atoms. The molecule has 0 saturated heterocycles. The van der Waals surface area contributed by atoms with Gasteiger partial charge >= 0.3 is 5.97 Å². The summed E-state index contributed by atoms with van der Waals surface area (Å²) in [5.41, 5.74) is 11.8. The molecule has 24 heavy (non-hydrogen) atoms. The van der Waals surface area contributed by atoms with Gasteiger partial charge in [0.1, 0.15) is 6.04 Å². The molecule has 10 heteroatoms. The maximum atomic E-state index is 11.8. The van der Waals surface area contributed by atoms with E-state index in [0.717, 1.165) is 0 Å². The van der Waals surface area contributed by atoms with E-state index < -0.39 is 29.9 Å². The number of H-pyrrole nitrogens is 1. The average Bonchev–Trinajstić information content (AvgIpc) is 3.04. The van der Waals surface area contributed by atoms with Crippen LogP contribution in [-0.4, -0.2) is 58.0 Å². The van der Waals surface area contributed by atoms with Gasteiger partial charge < -0.3 is 32.2 Å². The second-order valence-corrected chi connectivity index (χ2v) is 5.35. The van der Waals surface area contributed by atoms with Gasteiger partial charge in [0.05, 0.1) is 18.9 Å². The average molecular weight is 340 g/mol. The van der Waals surface area contributed by atoms with Crippen molar-refractivity contribution in [3.63, 3.8) is 0 Å². The van der Waals surface area contributed by atoms with Crippen LogP contribution in [0.3, 0.4) is 0 Å². The number of amides is 2. The van der Waals surface area contributed by atoms with Crippen molar-refractivity contribution < 1.29 is 19.5 Å². The fraction of sp³-hybridized carbons (Fsp3) is 0.571. The van der Waals surface area contributed by atoms with Crippen LogP contribution < -0.4 is 22.1 Å². The molecule has 0 aliphatic rings. The monoisotopic (exact) mass is 340 g/mol. The number of aliphatic carboxylic acids is 1. The minimum absolute atomic E-state index is 0.254. The van der Waals surface area contributed by atoms with Gasteiger partial charge in [0.15, 0.2) is 0 Å². The Hall–Kier alpha value is -2.46. The minimum Gasteiger partial charge on any atom is -0.480 e. The maximum absolute atomic E-state index is 11.8. The van der Waals surface area contributed by atoms with E-state index in [1.165, 1.54) is 6.33 Å². The Bertz CT molecular complexity index is 533. The van der Waals surface area contributed by atoms with Crippen LogP contribution >= 0.6 is 0 Å². The number of nitrogens with zero attached hydrogens (tertiary/aromatic N) is 1. The number of aromatic amines is 1. The number of carboxylic acids is 1. The van der Waals surface area contributed by atoms with Crippen LogP contribution in [0.15, 0.2) is 12.5 Å². The number of nitrogens with one attached hydrogen (secondary N) is 3. The van der Waals surface area contributed by atoms with Gasteiger partial charge in [0.2, 0.25) is 11.8 Å². The van der Waals surface area contributed by atoms with Gasteiger partial charge in [-0.15, -0.1) is 0 Å². The van der Waals surface area contributed by atoms with Crippen molar-refractivity contribution in [1.29, 1.82) is 0 Å². The quantitative estimate of drug-likeness (QED) is 0.255. The second kappa shape index (κ2) is 10.3. The lowest BCUT2D eigenvalue weighted by Crippen LogP contribution is -2.49. The number of carboxylic acid groups (broad SMARTS) is 1. The molecule has 8 N–H and O–H groups in total. The summed E-state index contributed by atoms with van der Waals surface area (Å²) in [5, 5.41) is 13.8. The summed E-state index contributed by atoms with van der Waals surface area (Å²) >= 11 is 0. The van der Waals surface area contributed by atoms with Crippen molar-refractivity contribution in [3.05, 3.63) is 18.2 Å². The highest BCUT2D eigenvalue weighted by molar-refractivity contribution is 5.89. The number of nitrogens with two attached hydrogens (primary N) is 2. The summed E-state index contributed by atoms with van der Waals surface area (Å²) in [6.45, 7) is 0.126. The molecule has 2 atom stereocenters. The summed E-state index contributed by atoms with van der Waals surface area (Å²) in [7, 11) is 0. The number of hydrogen-bond acceptors (Lipinski definition) is 6. The summed E-state index contributed by atoms with van der Waals surface area (Å²) in [5.74, 6) is -2.21. The number of unbranched alkanes of at least 4 members (excludes halogenated alkanes) is 1. The highest BCUT2D eigenvalue weighted by Gasteiger charge is 2.20. The van der Waals surface area contributed by atoms with E-state index in [0.29, 0.717) is 25.1 Å². The third kappa shape index (κ3) is 7.20. The van der Waals surface area contributed by atoms with Gasteiger partial charge in [-0.05, 0) is 25.8 Å². The predicted molar refractivity (Wildman–Crippen MR) is 85.7 cm³/mol. The van der Waals surface area contributed by atoms with Crippen LogP contribution in [0.5, 0.6) is 0 Å². The van der Waals surface area contributed by atoms with Crippen LogP contribution in [0.4, 0.5) is 0 Å². The van der Waals surface area contributed by atoms with Gasteiger partial charge in [0, 0.05) is 18.3 Å². The zero-order valence-electron chi connectivity index (χ0n) is 13.3. The van der Waals surface area contributed by atoms with Crippen molar-refractivity contribution in [1.82, 2.24) is 20.6 Å². The molecule has 0 fully saturated rings. The lowest BCUT2D eigenvalue weighted by atomic mass is 10.1. The molecule has 134 valence electrons. The Morgan fingerprint density at radius 3 is 2.67 bits per heavy atom. The molecule has 1 aromatic rings. The molecule has 1 aromatic heterocycles. The Morgan fingerprint density at radius 2 is 2.08 bits per heavy atom. The number of aromatic nitrogens is 2. The Labute approximate surface area is 139 Å². The Morgan fingerprint density at radius 1 is 1.33 bits per heavy atom. The third-order valence-corrected chi connectivity index (χ3v) is 3.33. The van der Waals surface area contributed by atoms with E-state index >= 15 is 0 Å². The van der Waals surface area contributed by atoms with Gasteiger partial charge in [-0.1, -0.05) is 0 Å². The molecule has 1 unspecified atom stereocenters. The lowest BCUT2D eigenvalue weighted by Gasteiger charge is -2.15. The normalized spacial score (nSPS) is 13.1. The highest BCUT2D eigenvalue weighted by atomic mass is 16.4. The number of hydrogen-bond donors (Lipinski definition) is 6. The first-order valence-electron chi connectivity index (χ1n) is 7.66. The first kappa shape index (κ1) is 19.6. The van der Waals surface area contributed by atoms with Crippen LogP contribution in [0.1, 0.15) is 25.0 Å². The molecule has 1 heterocycles. The lowest BCUT2D eigenvalue weighted by molar-refractivity contribution is -0.142. The van der Waals surface area contributed by atoms with Crippen molar-refractivity contribution in [2.75, 3.05) is 13.1 Å². The van der Waals surface area contributed by atoms with Crippen LogP contribution in [0, 0.1) is 0 Å². The topological polar surface area (TPSA) is 176 Å². The van der Waals surface area contributed by atoms with Crippen molar-refractivity contribution >= 4 is 17.8 Å². The Kier molecular flexibility index (Phi) is 8.44. The summed E-state index contributed by atoms with van der Waals surface area (Å²) in [6, 6.07) is -1.84. The van der Waals surface area contributed by atoms with Gasteiger partial charge in [0.25, 0.3) is 0 Å². The van der Waals surface area contributed by atoms with Crippen molar-refractivity contribution in [3.8, 4) is 0 Å². The highest BCUT2D eigenvalue weighted by Crippen LogP contribution is 2.00. The molecule has 0 radical (unpaired) electrons. The zero-order chi connectivity index (χ0) is 17.9. The van der Waals surface area contributed by atoms with Crippen LogP contribution in [-0.2, 0) is 20.8 Å². The summed E-state index contributed by atoms with van der Waals surface area (Å²) in [4.78, 5) is 41.3. The van der Waals surface area contributed by atoms with E-state index in [1.54, 1.807) is 6.20 Å². The number of carbonyl (C=O) groups excluding carboxylic acids is 2. The fourth-order valence-corrected chi connectivity index (χ4v) is 2.02. The van der Waals surface area contributed by atoms with Crippen LogP contribution in [0.25, 0.3) is 0 Å². The minimum atomic E-state index is -1.12. The molecule has 10 nitrogen and oxygen atoms in total. The van der Waals surface area contributed by atoms with E-state index in [9.17, 15) is 14.4 Å². The zero-order valence-corrected chi connectivity index (χ0v) is 13.3. The van der Waals surface area contributed by atoms with E-state index in [4.69, 9.17) is 16.6 Å². The van der Waals surface area contributed by atoms with Crippen LogP contribution in [0.2, 0.25) is 0 Å². The largest absolute Gasteiger partial charge is 0.480 e. The molecular formula is C14H24N6O4. The summed E-state index contributed by atoms with van der Waals surface area (Å²) < 4.78 is 0. The first-order valence-corrected chi connectivity index (χ1v) is 7.66. The smallest absolute Gasteiger partial charge is 0.326 e. The standard InChI is InChI=1S/C14H24N6O4/c15-4-2-1-3-11(14(23)24)20-12(21)7-18-13(22)10(16)5-9-6-17-8-19-9/h6,8,10-11H,1-5,7,15-16H2,(H,17,19)(H,18,22)(H,20,21)(H,23,24)/t10?,11-/m0/s1. The SMILES string of the molecule is NCCCC[C@H](NC(=O)CNC(=O)C(N)Cc1cnc[nH]1)C(=O)O. The summed E-state index contributed by atoms with van der Waals surface area (Å²) in [6.07, 6.45) is 4.84. The van der Waals surface area contributed by atoms with Crippen molar-refractivity contribution in [2.24, 2.45) is 11.5 Å². The van der Waals surface area contributed by atoms with Gasteiger partial charge in [-0.3, -0.25) is 9.59 Å². The molecule has 0 aliphatic heterocycles. The van der Waals surface area contributed by atoms with E-state index in [2.05, 4.69) is 20.6 Å². The van der Waals surface area contributed by atoms with Gasteiger partial charge in [-0.2, -0.15) is 0 Å². The number of imidazole rings is 1. The number of carbonyl (C=O) groups is 3. The molecule has 0 spiro atoms. The third-order valence-electron chi connectivity index (χ3n) is 3.33. The molecule has 1 rings (SSSR count). The predicted octanol–water partition coefficient (Wildman–Crippen LogP) is -1.91. The number of rotatable bonds is 11. The van der Waals surface area contributed by atoms with E-state index in [-0.39, 0.29) is 19.4 Å². The Balaban J connectivity index is 2.34. The molecule has 0 aromatic carbocycles. The molecule has 2 amide bonds. The maximum Gasteiger partial charge on any atom is 0.326 e. The van der Waals surface area contributed by atoms with Crippen molar-refractivity contribution in [2.45, 2.75) is 37.8 Å². The van der Waals surface area contributed by atoms with Gasteiger partial charge in [-0.25, -0.2) is 9.78 Å². The fourth-order valence-electron chi connectivity index (χ4n) is 2.02. The molecular weight excluding hydrogens is 316 g/mol. The second-order valence-electron chi connectivity index (χ2n) is 5.35. The molecule has 0 saturated carbocycles.